The molecule has 0 aliphatic rings. The van der Waals surface area contributed by atoms with E-state index in [9.17, 15) is 14.0 Å². The van der Waals surface area contributed by atoms with Crippen LogP contribution in [0.5, 0.6) is 11.5 Å². The molecule has 0 saturated carbocycles. The van der Waals surface area contributed by atoms with Crippen LogP contribution in [0.2, 0.25) is 0 Å². The third kappa shape index (κ3) is 4.87. The fourth-order valence-electron chi connectivity index (χ4n) is 3.38. The van der Waals surface area contributed by atoms with Gasteiger partial charge in [0.25, 0.3) is 5.91 Å². The Morgan fingerprint density at radius 3 is 2.42 bits per heavy atom. The first-order valence-electron chi connectivity index (χ1n) is 10.4. The number of anilines is 1. The Bertz CT molecular complexity index is 1340. The number of aryl methyl sites for hydroxylation is 1. The molecule has 33 heavy (non-hydrogen) atoms. The number of methoxy groups -OCH3 is 1. The number of nitrogens with one attached hydrogen (secondary N) is 1. The highest BCUT2D eigenvalue weighted by atomic mass is 19.1. The van der Waals surface area contributed by atoms with Crippen molar-refractivity contribution in [2.45, 2.75) is 13.3 Å². The molecule has 4 rings (SSSR count). The van der Waals surface area contributed by atoms with Gasteiger partial charge in [-0.1, -0.05) is 13.0 Å². The zero-order chi connectivity index (χ0) is 23.4. The summed E-state index contributed by atoms with van der Waals surface area (Å²) in [6.45, 7) is 1.57. The number of hydrogen-bond donors (Lipinski definition) is 1. The van der Waals surface area contributed by atoms with Gasteiger partial charge < -0.3 is 19.2 Å². The summed E-state index contributed by atoms with van der Waals surface area (Å²) in [5, 5.41) is 2.98. The van der Waals surface area contributed by atoms with E-state index in [4.69, 9.17) is 13.9 Å². The van der Waals surface area contributed by atoms with Crippen LogP contribution in [-0.4, -0.2) is 19.6 Å². The highest BCUT2D eigenvalue weighted by Gasteiger charge is 2.19. The number of benzene rings is 3. The molecular weight excluding hydrogens is 425 g/mol. The van der Waals surface area contributed by atoms with Gasteiger partial charge in [-0.2, -0.15) is 0 Å². The maximum atomic E-state index is 13.3. The van der Waals surface area contributed by atoms with Crippen LogP contribution in [0.1, 0.15) is 12.5 Å². The van der Waals surface area contributed by atoms with Crippen LogP contribution in [0.3, 0.4) is 0 Å². The molecule has 0 spiro atoms. The predicted octanol–water partition coefficient (Wildman–Crippen LogP) is 5.19. The zero-order valence-corrected chi connectivity index (χ0v) is 18.2. The lowest BCUT2D eigenvalue weighted by Gasteiger charge is -2.13. The normalized spacial score (nSPS) is 10.8. The van der Waals surface area contributed by atoms with Crippen LogP contribution >= 0.6 is 0 Å². The SMILES string of the molecule is CCc1ccc2oc(-c3ccc(OC)cc3)c(OCC(=O)Nc3ccc(F)cc3)c(=O)c2c1. The number of rotatable bonds is 7. The first kappa shape index (κ1) is 22.1. The van der Waals surface area contributed by atoms with Gasteiger partial charge in [-0.05, 0) is 72.6 Å². The van der Waals surface area contributed by atoms with Gasteiger partial charge in [0.1, 0.15) is 17.1 Å². The summed E-state index contributed by atoms with van der Waals surface area (Å²) in [6.07, 6.45) is 0.756. The van der Waals surface area contributed by atoms with E-state index >= 15 is 0 Å². The van der Waals surface area contributed by atoms with Gasteiger partial charge in [0.05, 0.1) is 12.5 Å². The van der Waals surface area contributed by atoms with Crippen LogP contribution in [-0.2, 0) is 11.2 Å². The summed E-state index contributed by atoms with van der Waals surface area (Å²) < 4.78 is 30.0. The van der Waals surface area contributed by atoms with Crippen molar-refractivity contribution in [3.8, 4) is 22.8 Å². The fraction of sp³-hybridized carbons (Fsp3) is 0.154. The lowest BCUT2D eigenvalue weighted by molar-refractivity contribution is -0.118. The Balaban J connectivity index is 1.70. The van der Waals surface area contributed by atoms with E-state index in [1.807, 2.05) is 13.0 Å². The second-order valence-electron chi connectivity index (χ2n) is 7.35. The van der Waals surface area contributed by atoms with Crippen molar-refractivity contribution in [2.75, 3.05) is 19.0 Å². The molecule has 1 N–H and O–H groups in total. The van der Waals surface area contributed by atoms with Crippen molar-refractivity contribution in [2.24, 2.45) is 0 Å². The Hall–Kier alpha value is -4.13. The molecule has 7 heteroatoms. The molecule has 0 bridgehead atoms. The number of carbonyl (C=O) groups is 1. The van der Waals surface area contributed by atoms with E-state index in [1.165, 1.54) is 24.3 Å². The number of fused-ring (bicyclic) bond motifs is 1. The Morgan fingerprint density at radius 2 is 1.76 bits per heavy atom. The van der Waals surface area contributed by atoms with E-state index < -0.39 is 18.3 Å². The van der Waals surface area contributed by atoms with E-state index in [0.29, 0.717) is 28.0 Å². The smallest absolute Gasteiger partial charge is 0.262 e. The van der Waals surface area contributed by atoms with Crippen molar-refractivity contribution in [3.63, 3.8) is 0 Å². The van der Waals surface area contributed by atoms with Crippen molar-refractivity contribution in [1.82, 2.24) is 0 Å². The monoisotopic (exact) mass is 447 g/mol. The molecule has 0 aliphatic carbocycles. The average Bonchev–Trinajstić information content (AvgIpc) is 2.84. The average molecular weight is 447 g/mol. The van der Waals surface area contributed by atoms with Gasteiger partial charge in [-0.15, -0.1) is 0 Å². The first-order chi connectivity index (χ1) is 16.0. The summed E-state index contributed by atoms with van der Waals surface area (Å²) in [5.41, 5.74) is 2.05. The second kappa shape index (κ2) is 9.56. The first-order valence-corrected chi connectivity index (χ1v) is 10.4. The van der Waals surface area contributed by atoms with Crippen LogP contribution in [0, 0.1) is 5.82 Å². The summed E-state index contributed by atoms with van der Waals surface area (Å²) in [7, 11) is 1.56. The quantitative estimate of drug-likeness (QED) is 0.422. The maximum Gasteiger partial charge on any atom is 0.262 e. The van der Waals surface area contributed by atoms with Crippen LogP contribution in [0.15, 0.2) is 75.9 Å². The number of hydrogen-bond acceptors (Lipinski definition) is 5. The lowest BCUT2D eigenvalue weighted by Crippen LogP contribution is -2.22. The molecule has 0 saturated heterocycles. The maximum absolute atomic E-state index is 13.3. The van der Waals surface area contributed by atoms with Gasteiger partial charge >= 0.3 is 0 Å². The topological polar surface area (TPSA) is 77.8 Å². The Morgan fingerprint density at radius 1 is 1.03 bits per heavy atom. The minimum absolute atomic E-state index is 0.0600. The number of halogens is 1. The largest absolute Gasteiger partial charge is 0.497 e. The highest BCUT2D eigenvalue weighted by Crippen LogP contribution is 2.32. The fourth-order valence-corrected chi connectivity index (χ4v) is 3.38. The van der Waals surface area contributed by atoms with Gasteiger partial charge in [0.15, 0.2) is 12.4 Å². The van der Waals surface area contributed by atoms with Crippen molar-refractivity contribution in [3.05, 3.63) is 88.3 Å². The van der Waals surface area contributed by atoms with Gasteiger partial charge in [-0.25, -0.2) is 4.39 Å². The van der Waals surface area contributed by atoms with Crippen LogP contribution < -0.4 is 20.2 Å². The molecule has 1 aromatic heterocycles. The summed E-state index contributed by atoms with van der Waals surface area (Å²) >= 11 is 0. The van der Waals surface area contributed by atoms with E-state index in [1.54, 1.807) is 43.5 Å². The molecule has 4 aromatic rings. The molecule has 0 fully saturated rings. The summed E-state index contributed by atoms with van der Waals surface area (Å²) in [4.78, 5) is 25.7. The summed E-state index contributed by atoms with van der Waals surface area (Å²) in [6, 6.07) is 17.7. The lowest BCUT2D eigenvalue weighted by atomic mass is 10.1. The number of carbonyl (C=O) groups excluding carboxylic acids is 1. The molecular formula is C26H22FNO5. The molecule has 0 aliphatic heterocycles. The van der Waals surface area contributed by atoms with Gasteiger partial charge in [0.2, 0.25) is 11.2 Å². The second-order valence-corrected chi connectivity index (χ2v) is 7.35. The van der Waals surface area contributed by atoms with Gasteiger partial charge in [-0.3, -0.25) is 9.59 Å². The molecule has 0 radical (unpaired) electrons. The third-order valence-electron chi connectivity index (χ3n) is 5.15. The van der Waals surface area contributed by atoms with E-state index in [0.717, 1.165) is 12.0 Å². The minimum Gasteiger partial charge on any atom is -0.497 e. The standard InChI is InChI=1S/C26H22FNO5/c1-3-16-4-13-22-21(14-16)24(30)26(25(33-22)17-5-11-20(31-2)12-6-17)32-15-23(29)28-19-9-7-18(27)8-10-19/h4-14H,3,15H2,1-2H3,(H,28,29). The zero-order valence-electron chi connectivity index (χ0n) is 18.2. The molecule has 6 nitrogen and oxygen atoms in total. The number of ether oxygens (including phenoxy) is 2. The van der Waals surface area contributed by atoms with E-state index in [-0.39, 0.29) is 16.9 Å². The van der Waals surface area contributed by atoms with Crippen molar-refractivity contribution < 1.29 is 23.1 Å². The Kier molecular flexibility index (Phi) is 6.40. The van der Waals surface area contributed by atoms with Crippen molar-refractivity contribution in [1.29, 1.82) is 0 Å². The molecule has 1 amide bonds. The summed E-state index contributed by atoms with van der Waals surface area (Å²) in [5.74, 6) is -0.0996. The third-order valence-corrected chi connectivity index (χ3v) is 5.15. The molecule has 168 valence electrons. The predicted molar refractivity (Wildman–Crippen MR) is 124 cm³/mol. The van der Waals surface area contributed by atoms with Gasteiger partial charge in [0, 0.05) is 11.3 Å². The number of amides is 1. The minimum atomic E-state index is -0.496. The molecule has 3 aromatic carbocycles. The molecule has 0 atom stereocenters. The van der Waals surface area contributed by atoms with Crippen LogP contribution in [0.4, 0.5) is 10.1 Å². The molecule has 1 heterocycles. The highest BCUT2D eigenvalue weighted by molar-refractivity contribution is 5.92. The van der Waals surface area contributed by atoms with Crippen molar-refractivity contribution >= 4 is 22.6 Å². The van der Waals surface area contributed by atoms with Crippen LogP contribution in [0.25, 0.3) is 22.3 Å². The van der Waals surface area contributed by atoms with E-state index in [2.05, 4.69) is 5.32 Å². The molecule has 0 unspecified atom stereocenters. The Labute approximate surface area is 189 Å².